The summed E-state index contributed by atoms with van der Waals surface area (Å²) >= 11 is 0. The number of nitrogens with one attached hydrogen (secondary N) is 1. The number of hydrogen-bond donors (Lipinski definition) is 1. The average Bonchev–Trinajstić information content (AvgIpc) is 2.74. The van der Waals surface area contributed by atoms with E-state index in [9.17, 15) is 0 Å². The lowest BCUT2D eigenvalue weighted by Gasteiger charge is -2.36. The van der Waals surface area contributed by atoms with Gasteiger partial charge in [-0.15, -0.1) is 24.0 Å². The van der Waals surface area contributed by atoms with Crippen molar-refractivity contribution in [2.75, 3.05) is 39.9 Å². The molecule has 2 aliphatic heterocycles. The number of piperidine rings is 1. The molecule has 28 heavy (non-hydrogen) atoms. The summed E-state index contributed by atoms with van der Waals surface area (Å²) in [7, 11) is 1.92. The van der Waals surface area contributed by atoms with E-state index in [2.05, 4.69) is 22.1 Å². The van der Waals surface area contributed by atoms with Crippen LogP contribution in [0.2, 0.25) is 0 Å². The van der Waals surface area contributed by atoms with Crippen LogP contribution in [0.1, 0.15) is 71.1 Å². The lowest BCUT2D eigenvalue weighted by Crippen LogP contribution is -2.48. The molecule has 0 bridgehead atoms. The summed E-state index contributed by atoms with van der Waals surface area (Å²) in [6.07, 6.45) is 13.5. The molecule has 0 radical (unpaired) electrons. The fraction of sp³-hybridized carbons (Fsp3) is 0.955. The summed E-state index contributed by atoms with van der Waals surface area (Å²) < 4.78 is 11.9. The van der Waals surface area contributed by atoms with Crippen LogP contribution in [-0.2, 0) is 9.47 Å². The number of halogens is 1. The summed E-state index contributed by atoms with van der Waals surface area (Å²) in [5.74, 6) is 2.88. The van der Waals surface area contributed by atoms with E-state index in [4.69, 9.17) is 9.47 Å². The zero-order valence-corrected chi connectivity index (χ0v) is 20.4. The minimum atomic E-state index is 0. The summed E-state index contributed by atoms with van der Waals surface area (Å²) in [5, 5.41) is 3.66. The van der Waals surface area contributed by atoms with Gasteiger partial charge in [0.15, 0.2) is 5.96 Å². The lowest BCUT2D eigenvalue weighted by atomic mass is 9.81. The molecule has 1 N–H and O–H groups in total. The molecule has 1 atom stereocenters. The topological polar surface area (TPSA) is 46.1 Å². The first-order valence-corrected chi connectivity index (χ1v) is 11.5. The Morgan fingerprint density at radius 3 is 2.36 bits per heavy atom. The van der Waals surface area contributed by atoms with Gasteiger partial charge < -0.3 is 19.7 Å². The molecule has 164 valence electrons. The highest BCUT2D eigenvalue weighted by molar-refractivity contribution is 14.0. The maximum atomic E-state index is 6.15. The van der Waals surface area contributed by atoms with Gasteiger partial charge in [-0.1, -0.05) is 26.2 Å². The normalized spacial score (nSPS) is 30.0. The first kappa shape index (κ1) is 24.2. The van der Waals surface area contributed by atoms with Crippen molar-refractivity contribution in [2.24, 2.45) is 16.8 Å². The molecule has 1 unspecified atom stereocenters. The van der Waals surface area contributed by atoms with Gasteiger partial charge in [0.05, 0.1) is 18.8 Å². The van der Waals surface area contributed by atoms with E-state index in [0.717, 1.165) is 69.9 Å². The third-order valence-corrected chi connectivity index (χ3v) is 6.84. The number of guanidine groups is 1. The van der Waals surface area contributed by atoms with Crippen molar-refractivity contribution >= 4 is 29.9 Å². The molecule has 3 aliphatic rings. The van der Waals surface area contributed by atoms with Gasteiger partial charge in [0.25, 0.3) is 0 Å². The van der Waals surface area contributed by atoms with Crippen LogP contribution in [0.15, 0.2) is 4.99 Å². The van der Waals surface area contributed by atoms with Crippen LogP contribution in [0, 0.1) is 11.8 Å². The molecule has 0 aromatic rings. The van der Waals surface area contributed by atoms with Crippen molar-refractivity contribution in [3.8, 4) is 0 Å². The maximum absolute atomic E-state index is 6.15. The Morgan fingerprint density at radius 1 is 1.04 bits per heavy atom. The van der Waals surface area contributed by atoms with Crippen LogP contribution in [0.4, 0.5) is 0 Å². The minimum absolute atomic E-state index is 0. The van der Waals surface area contributed by atoms with Gasteiger partial charge in [0.2, 0.25) is 0 Å². The van der Waals surface area contributed by atoms with Crippen LogP contribution in [0.5, 0.6) is 0 Å². The first-order chi connectivity index (χ1) is 13.3. The van der Waals surface area contributed by atoms with Crippen LogP contribution in [0.3, 0.4) is 0 Å². The van der Waals surface area contributed by atoms with E-state index in [1.54, 1.807) is 0 Å². The van der Waals surface area contributed by atoms with E-state index in [-0.39, 0.29) is 24.0 Å². The molecule has 3 fully saturated rings. The van der Waals surface area contributed by atoms with E-state index in [0.29, 0.717) is 12.2 Å². The molecule has 1 saturated carbocycles. The van der Waals surface area contributed by atoms with Gasteiger partial charge in [-0.25, -0.2) is 0 Å². The number of hydrogen-bond acceptors (Lipinski definition) is 3. The number of nitrogens with zero attached hydrogens (tertiary/aromatic N) is 2. The van der Waals surface area contributed by atoms with Crippen LogP contribution in [-0.4, -0.2) is 63.0 Å². The van der Waals surface area contributed by atoms with Crippen LogP contribution in [0.25, 0.3) is 0 Å². The monoisotopic (exact) mass is 507 g/mol. The quantitative estimate of drug-likeness (QED) is 0.328. The van der Waals surface area contributed by atoms with Crippen molar-refractivity contribution in [1.29, 1.82) is 0 Å². The third kappa shape index (κ3) is 7.63. The Kier molecular flexibility index (Phi) is 11.5. The van der Waals surface area contributed by atoms with Gasteiger partial charge in [-0.05, 0) is 56.8 Å². The standard InChI is InChI=1S/C22H41N3O2.HI/c1-3-18-7-9-19(10-8-18)16-24-22(23-2)25-13-11-20(12-14-25)27-17-21-6-4-5-15-26-21;/h18-21H,3-17H2,1-2H3,(H,23,24);1H. The molecule has 1 aliphatic carbocycles. The largest absolute Gasteiger partial charge is 0.376 e. The number of rotatable bonds is 6. The summed E-state index contributed by atoms with van der Waals surface area (Å²) in [4.78, 5) is 6.95. The average molecular weight is 508 g/mol. The van der Waals surface area contributed by atoms with Gasteiger partial charge in [-0.3, -0.25) is 4.99 Å². The molecule has 3 rings (SSSR count). The van der Waals surface area contributed by atoms with Crippen molar-refractivity contribution in [2.45, 2.75) is 83.3 Å². The van der Waals surface area contributed by atoms with Gasteiger partial charge in [-0.2, -0.15) is 0 Å². The molecule has 2 heterocycles. The van der Waals surface area contributed by atoms with Crippen LogP contribution >= 0.6 is 24.0 Å². The predicted molar refractivity (Wildman–Crippen MR) is 127 cm³/mol. The van der Waals surface area contributed by atoms with Gasteiger partial charge in [0.1, 0.15) is 0 Å². The summed E-state index contributed by atoms with van der Waals surface area (Å²) in [6.45, 7) is 7.18. The molecule has 2 saturated heterocycles. The van der Waals surface area contributed by atoms with Crippen molar-refractivity contribution in [1.82, 2.24) is 10.2 Å². The first-order valence-electron chi connectivity index (χ1n) is 11.5. The Morgan fingerprint density at radius 2 is 1.75 bits per heavy atom. The molecule has 0 spiro atoms. The number of ether oxygens (including phenoxy) is 2. The molecule has 0 amide bonds. The minimum Gasteiger partial charge on any atom is -0.376 e. The molecule has 5 nitrogen and oxygen atoms in total. The third-order valence-electron chi connectivity index (χ3n) is 6.84. The zero-order chi connectivity index (χ0) is 18.9. The van der Waals surface area contributed by atoms with E-state index in [1.807, 2.05) is 7.05 Å². The predicted octanol–water partition coefficient (Wildman–Crippen LogP) is 4.45. The fourth-order valence-electron chi connectivity index (χ4n) is 4.83. The van der Waals surface area contributed by atoms with Crippen molar-refractivity contribution in [3.63, 3.8) is 0 Å². The van der Waals surface area contributed by atoms with Gasteiger partial charge in [0, 0.05) is 33.3 Å². The van der Waals surface area contributed by atoms with Crippen molar-refractivity contribution in [3.05, 3.63) is 0 Å². The molecular weight excluding hydrogens is 465 g/mol. The number of aliphatic imine (C=N–C) groups is 1. The molecule has 6 heteroatoms. The summed E-state index contributed by atoms with van der Waals surface area (Å²) in [6, 6.07) is 0. The Bertz CT molecular complexity index is 441. The van der Waals surface area contributed by atoms with Crippen molar-refractivity contribution < 1.29 is 9.47 Å². The Hall–Kier alpha value is -0.0800. The molecule has 0 aromatic carbocycles. The second kappa shape index (κ2) is 13.3. The molecular formula is C22H42IN3O2. The zero-order valence-electron chi connectivity index (χ0n) is 18.0. The Balaban J connectivity index is 0.00000280. The SMILES string of the molecule is CCC1CCC(CNC(=NC)N2CCC(OCC3CCCCO3)CC2)CC1.I. The fourth-order valence-corrected chi connectivity index (χ4v) is 4.83. The number of likely N-dealkylation sites (tertiary alicyclic amines) is 1. The van der Waals surface area contributed by atoms with E-state index in [1.165, 1.54) is 44.9 Å². The highest BCUT2D eigenvalue weighted by atomic mass is 127. The second-order valence-electron chi connectivity index (χ2n) is 8.73. The van der Waals surface area contributed by atoms with E-state index >= 15 is 0 Å². The Labute approximate surface area is 189 Å². The van der Waals surface area contributed by atoms with E-state index < -0.39 is 0 Å². The van der Waals surface area contributed by atoms with Gasteiger partial charge >= 0.3 is 0 Å². The van der Waals surface area contributed by atoms with Crippen LogP contribution < -0.4 is 5.32 Å². The summed E-state index contributed by atoms with van der Waals surface area (Å²) in [5.41, 5.74) is 0. The maximum Gasteiger partial charge on any atom is 0.193 e. The smallest absolute Gasteiger partial charge is 0.193 e. The highest BCUT2D eigenvalue weighted by Gasteiger charge is 2.25. The molecule has 0 aromatic heterocycles. The lowest BCUT2D eigenvalue weighted by molar-refractivity contribution is -0.0721. The second-order valence-corrected chi connectivity index (χ2v) is 8.73. The highest BCUT2D eigenvalue weighted by Crippen LogP contribution is 2.30.